The molecule has 40 heavy (non-hydrogen) atoms. The lowest BCUT2D eigenvalue weighted by molar-refractivity contribution is -0.119. The van der Waals surface area contributed by atoms with Crippen molar-refractivity contribution >= 4 is 34.0 Å². The molecule has 0 fully saturated rings. The molecular weight excluding hydrogens is 542 g/mol. The summed E-state index contributed by atoms with van der Waals surface area (Å²) in [6.45, 7) is 1.21. The predicted octanol–water partition coefficient (Wildman–Crippen LogP) is 3.51. The van der Waals surface area contributed by atoms with Gasteiger partial charge in [0.1, 0.15) is 18.0 Å². The number of aryl methyl sites for hydroxylation is 1. The molecule has 0 bridgehead atoms. The Kier molecular flexibility index (Phi) is 9.92. The summed E-state index contributed by atoms with van der Waals surface area (Å²) >= 11 is 0. The highest BCUT2D eigenvalue weighted by Crippen LogP contribution is 2.35. The number of ether oxygens (including phenoxy) is 5. The number of nitrogens with one attached hydrogen (secondary N) is 1. The van der Waals surface area contributed by atoms with Crippen LogP contribution in [0.3, 0.4) is 0 Å². The maximum absolute atomic E-state index is 13.7. The van der Waals surface area contributed by atoms with Crippen LogP contribution in [0.5, 0.6) is 23.0 Å². The number of nitrogens with zero attached hydrogens (tertiary/aromatic N) is 2. The number of methoxy groups -OCH3 is 4. The Morgan fingerprint density at radius 1 is 0.875 bits per heavy atom. The van der Waals surface area contributed by atoms with Crippen LogP contribution >= 0.6 is 0 Å². The fourth-order valence-electron chi connectivity index (χ4n) is 3.45. The van der Waals surface area contributed by atoms with Crippen molar-refractivity contribution in [3.8, 4) is 23.0 Å². The zero-order valence-electron chi connectivity index (χ0n) is 22.5. The largest absolute Gasteiger partial charge is 0.513 e. The monoisotopic (exact) mass is 571 g/mol. The Morgan fingerprint density at radius 2 is 1.55 bits per heavy atom. The molecule has 12 nitrogen and oxygen atoms in total. The Bertz CT molecular complexity index is 1490. The molecule has 0 saturated carbocycles. The third-order valence-electron chi connectivity index (χ3n) is 5.50. The summed E-state index contributed by atoms with van der Waals surface area (Å²) in [6, 6.07) is 15.4. The second kappa shape index (κ2) is 13.3. The summed E-state index contributed by atoms with van der Waals surface area (Å²) < 4.78 is 53.6. The van der Waals surface area contributed by atoms with Gasteiger partial charge >= 0.3 is 6.16 Å². The highest BCUT2D eigenvalue weighted by Gasteiger charge is 2.30. The number of benzene rings is 3. The molecule has 0 heterocycles. The lowest BCUT2D eigenvalue weighted by Crippen LogP contribution is -2.39. The van der Waals surface area contributed by atoms with E-state index in [0.29, 0.717) is 11.3 Å². The standard InChI is InChI=1S/C27H29N3O9S/c1-18-6-10-21(11-7-18)40(33,34)30(22-15-20(35-2)9-13-23(22)36-3)17-26(31)29-28-16-19-8-12-24(25(14-19)37-4)39-27(32)38-5/h6-16H,17H2,1-5H3,(H,29,31)/b28-16-. The molecular formula is C27H29N3O9S. The van der Waals surface area contributed by atoms with Gasteiger partial charge in [-0.15, -0.1) is 0 Å². The van der Waals surface area contributed by atoms with Gasteiger partial charge in [0.25, 0.3) is 15.9 Å². The summed E-state index contributed by atoms with van der Waals surface area (Å²) in [6.07, 6.45) is 0.401. The van der Waals surface area contributed by atoms with E-state index >= 15 is 0 Å². The van der Waals surface area contributed by atoms with E-state index in [2.05, 4.69) is 15.3 Å². The molecule has 0 atom stereocenters. The van der Waals surface area contributed by atoms with E-state index < -0.39 is 28.6 Å². The van der Waals surface area contributed by atoms with E-state index in [1.54, 1.807) is 30.3 Å². The molecule has 0 unspecified atom stereocenters. The average Bonchev–Trinajstić information content (AvgIpc) is 2.96. The highest BCUT2D eigenvalue weighted by molar-refractivity contribution is 7.92. The van der Waals surface area contributed by atoms with Gasteiger partial charge < -0.3 is 23.7 Å². The number of hydrogen-bond donors (Lipinski definition) is 1. The third kappa shape index (κ3) is 7.20. The zero-order valence-corrected chi connectivity index (χ0v) is 23.4. The highest BCUT2D eigenvalue weighted by atomic mass is 32.2. The summed E-state index contributed by atoms with van der Waals surface area (Å²) in [5.41, 5.74) is 3.80. The van der Waals surface area contributed by atoms with Gasteiger partial charge in [0.15, 0.2) is 11.5 Å². The number of hydrogen-bond acceptors (Lipinski definition) is 10. The number of hydrazone groups is 1. The molecule has 3 rings (SSSR count). The molecule has 0 saturated heterocycles. The lowest BCUT2D eigenvalue weighted by atomic mass is 10.2. The van der Waals surface area contributed by atoms with Gasteiger partial charge in [0, 0.05) is 6.07 Å². The van der Waals surface area contributed by atoms with Crippen LogP contribution in [0.4, 0.5) is 10.5 Å². The Balaban J connectivity index is 1.88. The molecule has 1 amide bonds. The predicted molar refractivity (Wildman–Crippen MR) is 147 cm³/mol. The van der Waals surface area contributed by atoms with E-state index in [9.17, 15) is 18.0 Å². The number of anilines is 1. The fourth-order valence-corrected chi connectivity index (χ4v) is 4.88. The van der Waals surface area contributed by atoms with Crippen molar-refractivity contribution in [1.29, 1.82) is 0 Å². The van der Waals surface area contributed by atoms with Gasteiger partial charge in [-0.3, -0.25) is 9.10 Å². The Morgan fingerprint density at radius 3 is 2.17 bits per heavy atom. The Hall–Kier alpha value is -4.78. The van der Waals surface area contributed by atoms with Crippen molar-refractivity contribution in [2.24, 2.45) is 5.10 Å². The maximum atomic E-state index is 13.7. The van der Waals surface area contributed by atoms with Crippen LogP contribution < -0.4 is 28.7 Å². The Labute approximate surface area is 232 Å². The van der Waals surface area contributed by atoms with Gasteiger partial charge in [0.05, 0.1) is 45.2 Å². The SMILES string of the molecule is COC(=O)Oc1ccc(/C=N\NC(=O)CN(c2cc(OC)ccc2OC)S(=O)(=O)c2ccc(C)cc2)cc1OC. The normalized spacial score (nSPS) is 11.0. The number of rotatable bonds is 11. The lowest BCUT2D eigenvalue weighted by Gasteiger charge is -2.25. The molecule has 3 aromatic carbocycles. The van der Waals surface area contributed by atoms with Crippen LogP contribution in [0.1, 0.15) is 11.1 Å². The van der Waals surface area contributed by atoms with Crippen LogP contribution in [0.25, 0.3) is 0 Å². The molecule has 212 valence electrons. The van der Waals surface area contributed by atoms with E-state index in [1.165, 1.54) is 65.0 Å². The van der Waals surface area contributed by atoms with Crippen molar-refractivity contribution in [3.05, 3.63) is 71.8 Å². The van der Waals surface area contributed by atoms with Crippen molar-refractivity contribution < 1.29 is 41.7 Å². The first-order valence-corrected chi connectivity index (χ1v) is 13.1. The van der Waals surface area contributed by atoms with Gasteiger partial charge in [-0.25, -0.2) is 18.6 Å². The minimum absolute atomic E-state index is 0.0133. The number of amides is 1. The van der Waals surface area contributed by atoms with Crippen LogP contribution in [-0.2, 0) is 19.6 Å². The molecule has 3 aromatic rings. The van der Waals surface area contributed by atoms with Crippen molar-refractivity contribution in [3.63, 3.8) is 0 Å². The smallest absolute Gasteiger partial charge is 0.497 e. The van der Waals surface area contributed by atoms with Crippen molar-refractivity contribution in [1.82, 2.24) is 5.43 Å². The first kappa shape index (κ1) is 29.8. The summed E-state index contributed by atoms with van der Waals surface area (Å²) in [7, 11) is 1.18. The molecule has 0 radical (unpaired) electrons. The molecule has 0 aliphatic carbocycles. The van der Waals surface area contributed by atoms with Crippen LogP contribution in [0.15, 0.2) is 70.7 Å². The first-order chi connectivity index (χ1) is 19.1. The zero-order chi connectivity index (χ0) is 29.3. The van der Waals surface area contributed by atoms with Crippen molar-refractivity contribution in [2.75, 3.05) is 39.3 Å². The van der Waals surface area contributed by atoms with Crippen LogP contribution in [0, 0.1) is 6.92 Å². The van der Waals surface area contributed by atoms with Crippen LogP contribution in [-0.4, -0.2) is 61.7 Å². The summed E-state index contributed by atoms with van der Waals surface area (Å²) in [4.78, 5) is 24.3. The van der Waals surface area contributed by atoms with Crippen molar-refractivity contribution in [2.45, 2.75) is 11.8 Å². The minimum Gasteiger partial charge on any atom is -0.497 e. The van der Waals surface area contributed by atoms with E-state index in [-0.39, 0.29) is 27.8 Å². The molecule has 0 spiro atoms. The molecule has 0 aliphatic rings. The van der Waals surface area contributed by atoms with E-state index in [0.717, 1.165) is 9.87 Å². The van der Waals surface area contributed by atoms with Gasteiger partial charge in [-0.05, 0) is 55.0 Å². The average molecular weight is 572 g/mol. The van der Waals surface area contributed by atoms with E-state index in [1.807, 2.05) is 6.92 Å². The van der Waals surface area contributed by atoms with E-state index in [4.69, 9.17) is 18.9 Å². The number of sulfonamides is 1. The summed E-state index contributed by atoms with van der Waals surface area (Å²) in [5, 5.41) is 3.92. The molecule has 1 N–H and O–H groups in total. The van der Waals surface area contributed by atoms with Crippen LogP contribution in [0.2, 0.25) is 0 Å². The second-order valence-electron chi connectivity index (χ2n) is 8.12. The molecule has 0 aromatic heterocycles. The fraction of sp³-hybridized carbons (Fsp3) is 0.222. The molecule has 13 heteroatoms. The minimum atomic E-state index is -4.21. The number of carbonyl (C=O) groups excluding carboxylic acids is 2. The quantitative estimate of drug-likeness (QED) is 0.158. The topological polar surface area (TPSA) is 142 Å². The summed E-state index contributed by atoms with van der Waals surface area (Å²) in [5.74, 6) is 0.205. The second-order valence-corrected chi connectivity index (χ2v) is 9.98. The van der Waals surface area contributed by atoms with Gasteiger partial charge in [0.2, 0.25) is 0 Å². The van der Waals surface area contributed by atoms with Gasteiger partial charge in [-0.1, -0.05) is 17.7 Å². The number of carbonyl (C=O) groups is 2. The first-order valence-electron chi connectivity index (χ1n) is 11.7. The maximum Gasteiger partial charge on any atom is 0.513 e. The molecule has 0 aliphatic heterocycles. The van der Waals surface area contributed by atoms with Gasteiger partial charge in [-0.2, -0.15) is 5.10 Å². The third-order valence-corrected chi connectivity index (χ3v) is 7.28.